The molecule has 100 valence electrons. The Hall–Kier alpha value is -1.87. The standard InChI is InChI=1S/C16H19NO2/c1-11(17-12(2)16(18)19-3)14-10-6-8-13-7-4-5-9-15(13)14/h4-12,17H,1-3H3/t11-,12?/m1/s1. The average molecular weight is 257 g/mol. The lowest BCUT2D eigenvalue weighted by molar-refractivity contribution is -0.142. The number of rotatable bonds is 4. The van der Waals surface area contributed by atoms with Crippen LogP contribution in [0.2, 0.25) is 0 Å². The molecule has 0 aliphatic rings. The van der Waals surface area contributed by atoms with Crippen molar-refractivity contribution in [1.82, 2.24) is 5.32 Å². The molecule has 0 aliphatic heterocycles. The van der Waals surface area contributed by atoms with E-state index in [2.05, 4.69) is 36.5 Å². The third-order valence-electron chi connectivity index (χ3n) is 3.34. The van der Waals surface area contributed by atoms with Crippen LogP contribution in [-0.2, 0) is 9.53 Å². The van der Waals surface area contributed by atoms with Gasteiger partial charge in [-0.25, -0.2) is 0 Å². The van der Waals surface area contributed by atoms with Crippen LogP contribution in [0.15, 0.2) is 42.5 Å². The van der Waals surface area contributed by atoms with E-state index >= 15 is 0 Å². The molecule has 0 aromatic heterocycles. The predicted octanol–water partition coefficient (Wildman–Crippen LogP) is 3.05. The van der Waals surface area contributed by atoms with Crippen LogP contribution in [0.1, 0.15) is 25.5 Å². The van der Waals surface area contributed by atoms with Gasteiger partial charge < -0.3 is 4.74 Å². The minimum atomic E-state index is -0.320. The Kier molecular flexibility index (Phi) is 4.17. The molecule has 0 radical (unpaired) electrons. The zero-order valence-electron chi connectivity index (χ0n) is 11.5. The van der Waals surface area contributed by atoms with Gasteiger partial charge in [-0.2, -0.15) is 0 Å². The van der Waals surface area contributed by atoms with Crippen LogP contribution in [-0.4, -0.2) is 19.1 Å². The maximum absolute atomic E-state index is 11.5. The van der Waals surface area contributed by atoms with Gasteiger partial charge in [0.25, 0.3) is 0 Å². The highest BCUT2D eigenvalue weighted by atomic mass is 16.5. The summed E-state index contributed by atoms with van der Waals surface area (Å²) < 4.78 is 4.73. The van der Waals surface area contributed by atoms with E-state index in [9.17, 15) is 4.79 Å². The summed E-state index contributed by atoms with van der Waals surface area (Å²) in [5, 5.41) is 5.68. The van der Waals surface area contributed by atoms with Gasteiger partial charge in [-0.05, 0) is 30.2 Å². The Balaban J connectivity index is 2.26. The lowest BCUT2D eigenvalue weighted by Gasteiger charge is -2.20. The highest BCUT2D eigenvalue weighted by Crippen LogP contribution is 2.24. The minimum absolute atomic E-state index is 0.0835. The topological polar surface area (TPSA) is 38.3 Å². The van der Waals surface area contributed by atoms with Gasteiger partial charge in [0.05, 0.1) is 7.11 Å². The summed E-state index contributed by atoms with van der Waals surface area (Å²) in [6, 6.07) is 14.2. The third-order valence-corrected chi connectivity index (χ3v) is 3.34. The fraction of sp³-hybridized carbons (Fsp3) is 0.312. The zero-order valence-corrected chi connectivity index (χ0v) is 11.5. The van der Waals surface area contributed by atoms with Crippen LogP contribution < -0.4 is 5.32 Å². The summed E-state index contributed by atoms with van der Waals surface area (Å²) in [6.45, 7) is 3.87. The van der Waals surface area contributed by atoms with Gasteiger partial charge in [0.2, 0.25) is 0 Å². The molecule has 2 aromatic carbocycles. The van der Waals surface area contributed by atoms with Crippen LogP contribution in [0.4, 0.5) is 0 Å². The number of esters is 1. The second kappa shape index (κ2) is 5.85. The van der Waals surface area contributed by atoms with Gasteiger partial charge >= 0.3 is 5.97 Å². The van der Waals surface area contributed by atoms with E-state index in [0.29, 0.717) is 0 Å². The molecule has 0 aliphatic carbocycles. The number of methoxy groups -OCH3 is 1. The van der Waals surface area contributed by atoms with Crippen LogP contribution in [0.3, 0.4) is 0 Å². The average Bonchev–Trinajstić information content (AvgIpc) is 2.45. The van der Waals surface area contributed by atoms with Crippen LogP contribution >= 0.6 is 0 Å². The summed E-state index contributed by atoms with van der Waals surface area (Å²) in [5.74, 6) is -0.243. The first-order valence-corrected chi connectivity index (χ1v) is 6.45. The highest BCUT2D eigenvalue weighted by Gasteiger charge is 2.17. The van der Waals surface area contributed by atoms with Crippen molar-refractivity contribution in [2.24, 2.45) is 0 Å². The second-order valence-electron chi connectivity index (χ2n) is 4.70. The Morgan fingerprint density at radius 3 is 2.53 bits per heavy atom. The molecule has 0 fully saturated rings. The van der Waals surface area contributed by atoms with Gasteiger partial charge in [0, 0.05) is 6.04 Å². The zero-order chi connectivity index (χ0) is 13.8. The maximum atomic E-state index is 11.5. The molecule has 19 heavy (non-hydrogen) atoms. The van der Waals surface area contributed by atoms with Crippen molar-refractivity contribution in [3.8, 4) is 0 Å². The van der Waals surface area contributed by atoms with Gasteiger partial charge in [-0.1, -0.05) is 42.5 Å². The largest absolute Gasteiger partial charge is 0.468 e. The smallest absolute Gasteiger partial charge is 0.322 e. The van der Waals surface area contributed by atoms with Gasteiger partial charge in [-0.3, -0.25) is 10.1 Å². The van der Waals surface area contributed by atoms with Crippen molar-refractivity contribution in [1.29, 1.82) is 0 Å². The predicted molar refractivity (Wildman–Crippen MR) is 77.0 cm³/mol. The number of nitrogens with one attached hydrogen (secondary N) is 1. The number of carbonyl (C=O) groups is 1. The van der Waals surface area contributed by atoms with Crippen LogP contribution in [0.5, 0.6) is 0 Å². The third kappa shape index (κ3) is 2.93. The van der Waals surface area contributed by atoms with Gasteiger partial charge in [0.1, 0.15) is 6.04 Å². The Labute approximate surface area is 113 Å². The fourth-order valence-corrected chi connectivity index (χ4v) is 2.34. The van der Waals surface area contributed by atoms with Crippen LogP contribution in [0.25, 0.3) is 10.8 Å². The van der Waals surface area contributed by atoms with Crippen molar-refractivity contribution >= 4 is 16.7 Å². The molecule has 2 rings (SSSR count). The molecule has 3 nitrogen and oxygen atoms in total. The molecule has 2 aromatic rings. The number of hydrogen-bond donors (Lipinski definition) is 1. The molecule has 0 heterocycles. The van der Waals surface area contributed by atoms with E-state index in [1.807, 2.05) is 25.1 Å². The Bertz CT molecular complexity index is 574. The monoisotopic (exact) mass is 257 g/mol. The molecule has 0 bridgehead atoms. The number of hydrogen-bond acceptors (Lipinski definition) is 3. The molecule has 1 N–H and O–H groups in total. The summed E-state index contributed by atoms with van der Waals surface area (Å²) in [4.78, 5) is 11.5. The van der Waals surface area contributed by atoms with E-state index in [1.165, 1.54) is 23.4 Å². The van der Waals surface area contributed by atoms with Crippen molar-refractivity contribution in [2.45, 2.75) is 25.9 Å². The summed E-state index contributed by atoms with van der Waals surface area (Å²) in [5.41, 5.74) is 1.19. The van der Waals surface area contributed by atoms with Crippen molar-refractivity contribution in [3.05, 3.63) is 48.0 Å². The van der Waals surface area contributed by atoms with Crippen molar-refractivity contribution < 1.29 is 9.53 Å². The Morgan fingerprint density at radius 1 is 1.11 bits per heavy atom. The first kappa shape index (κ1) is 13.6. The van der Waals surface area contributed by atoms with E-state index in [4.69, 9.17) is 4.74 Å². The summed E-state index contributed by atoms with van der Waals surface area (Å²) >= 11 is 0. The maximum Gasteiger partial charge on any atom is 0.322 e. The lowest BCUT2D eigenvalue weighted by Crippen LogP contribution is -2.36. The Morgan fingerprint density at radius 2 is 1.79 bits per heavy atom. The minimum Gasteiger partial charge on any atom is -0.468 e. The number of benzene rings is 2. The number of fused-ring (bicyclic) bond motifs is 1. The molecule has 1 unspecified atom stereocenters. The van der Waals surface area contributed by atoms with E-state index in [1.54, 1.807) is 0 Å². The quantitative estimate of drug-likeness (QED) is 0.855. The van der Waals surface area contributed by atoms with E-state index < -0.39 is 0 Å². The number of carbonyl (C=O) groups excluding carboxylic acids is 1. The molecule has 0 saturated heterocycles. The molecular formula is C16H19NO2. The highest BCUT2D eigenvalue weighted by molar-refractivity contribution is 5.86. The molecule has 0 amide bonds. The first-order chi connectivity index (χ1) is 9.13. The summed E-state index contributed by atoms with van der Waals surface area (Å²) in [6.07, 6.45) is 0. The first-order valence-electron chi connectivity index (χ1n) is 6.45. The van der Waals surface area contributed by atoms with Crippen LogP contribution in [0, 0.1) is 0 Å². The molecule has 3 heteroatoms. The van der Waals surface area contributed by atoms with Gasteiger partial charge in [0.15, 0.2) is 0 Å². The molecule has 0 saturated carbocycles. The van der Waals surface area contributed by atoms with Gasteiger partial charge in [-0.15, -0.1) is 0 Å². The van der Waals surface area contributed by atoms with E-state index in [0.717, 1.165) is 0 Å². The molecule has 2 atom stereocenters. The van der Waals surface area contributed by atoms with Crippen molar-refractivity contribution in [2.75, 3.05) is 7.11 Å². The molecule has 0 spiro atoms. The summed E-state index contributed by atoms with van der Waals surface area (Å²) in [7, 11) is 1.41. The fourth-order valence-electron chi connectivity index (χ4n) is 2.34. The van der Waals surface area contributed by atoms with Crippen molar-refractivity contribution in [3.63, 3.8) is 0 Å². The SMILES string of the molecule is COC(=O)C(C)N[C@H](C)c1cccc2ccccc12. The number of ether oxygens (including phenoxy) is 1. The lowest BCUT2D eigenvalue weighted by atomic mass is 9.99. The second-order valence-corrected chi connectivity index (χ2v) is 4.70. The molecular weight excluding hydrogens is 238 g/mol. The normalized spacial score (nSPS) is 14.1. The van der Waals surface area contributed by atoms with E-state index in [-0.39, 0.29) is 18.1 Å².